The lowest BCUT2D eigenvalue weighted by Gasteiger charge is -2.03. The van der Waals surface area contributed by atoms with E-state index >= 15 is 0 Å². The fourth-order valence-corrected chi connectivity index (χ4v) is 3.89. The highest BCUT2D eigenvalue weighted by atomic mass is 19.1. The summed E-state index contributed by atoms with van der Waals surface area (Å²) < 4.78 is 28.8. The summed E-state index contributed by atoms with van der Waals surface area (Å²) in [5.74, 6) is 11.6. The van der Waals surface area contributed by atoms with Crippen LogP contribution in [0.25, 0.3) is 0 Å². The van der Waals surface area contributed by atoms with Gasteiger partial charge in [-0.25, -0.2) is 8.78 Å². The number of rotatable bonds is 9. The Balaban J connectivity index is 1.60. The predicted octanol–water partition coefficient (Wildman–Crippen LogP) is 8.62. The zero-order valence-electron chi connectivity index (χ0n) is 20.9. The van der Waals surface area contributed by atoms with Gasteiger partial charge in [-0.15, -0.1) is 0 Å². The van der Waals surface area contributed by atoms with E-state index in [9.17, 15) is 8.78 Å². The van der Waals surface area contributed by atoms with Gasteiger partial charge >= 0.3 is 0 Å². The third kappa shape index (κ3) is 8.73. The van der Waals surface area contributed by atoms with Crippen LogP contribution >= 0.6 is 0 Å². The van der Waals surface area contributed by atoms with Crippen molar-refractivity contribution in [2.45, 2.75) is 71.6 Å². The molecule has 2 heteroatoms. The largest absolute Gasteiger partial charge is 0.207 e. The minimum absolute atomic E-state index is 0.180. The molecule has 0 aliphatic rings. The smallest absolute Gasteiger partial charge is 0.139 e. The highest BCUT2D eigenvalue weighted by molar-refractivity contribution is 5.48. The van der Waals surface area contributed by atoms with Gasteiger partial charge in [-0.1, -0.05) is 81.8 Å². The number of halogens is 2. The first-order chi connectivity index (χ1) is 17.1. The van der Waals surface area contributed by atoms with Crippen molar-refractivity contribution in [2.75, 3.05) is 0 Å². The zero-order chi connectivity index (χ0) is 24.9. The lowest BCUT2D eigenvalue weighted by molar-refractivity contribution is 0.593. The fraction of sp³-hybridized carbons (Fsp3) is 0.333. The Hall–Kier alpha value is -3.36. The fourth-order valence-electron chi connectivity index (χ4n) is 3.89. The standard InChI is InChI=1S/C33H34F2/c1-3-5-7-9-11-30-22-20-29(25-32(30)34)17-16-26-12-14-27(15-13-26)18-21-31-23-19-28(24-33(31)35)10-8-6-4-2/h12-15,19-20,22-25H,3-11H2,1-2H3. The van der Waals surface area contributed by atoms with Crippen molar-refractivity contribution in [3.8, 4) is 23.7 Å². The highest BCUT2D eigenvalue weighted by Gasteiger charge is 2.03. The second-order valence-electron chi connectivity index (χ2n) is 8.97. The number of hydrogen-bond acceptors (Lipinski definition) is 0. The van der Waals surface area contributed by atoms with Crippen molar-refractivity contribution in [3.63, 3.8) is 0 Å². The number of aryl methyl sites for hydroxylation is 2. The molecule has 180 valence electrons. The van der Waals surface area contributed by atoms with E-state index in [-0.39, 0.29) is 11.6 Å². The van der Waals surface area contributed by atoms with Crippen molar-refractivity contribution in [1.82, 2.24) is 0 Å². The predicted molar refractivity (Wildman–Crippen MR) is 142 cm³/mol. The lowest BCUT2D eigenvalue weighted by atomic mass is 10.0. The first-order valence-corrected chi connectivity index (χ1v) is 12.8. The molecule has 0 unspecified atom stereocenters. The van der Waals surface area contributed by atoms with Crippen molar-refractivity contribution < 1.29 is 8.78 Å². The summed E-state index contributed by atoms with van der Waals surface area (Å²) in [7, 11) is 0. The van der Waals surface area contributed by atoms with E-state index in [0.29, 0.717) is 11.1 Å². The molecule has 3 aromatic rings. The third-order valence-corrected chi connectivity index (χ3v) is 6.03. The highest BCUT2D eigenvalue weighted by Crippen LogP contribution is 2.15. The maximum atomic E-state index is 14.4. The number of hydrogen-bond donors (Lipinski definition) is 0. The zero-order valence-corrected chi connectivity index (χ0v) is 20.9. The summed E-state index contributed by atoms with van der Waals surface area (Å²) in [5, 5.41) is 0. The summed E-state index contributed by atoms with van der Waals surface area (Å²) in [6.45, 7) is 4.33. The molecule has 0 amide bonds. The molecule has 0 aliphatic carbocycles. The SMILES string of the molecule is CCCCCCc1ccc(C#Cc2ccc(C#Cc3ccc(CCCCC)cc3F)cc2)cc1F. The first kappa shape index (κ1) is 26.2. The molecule has 0 fully saturated rings. The van der Waals surface area contributed by atoms with Gasteiger partial charge in [0, 0.05) is 16.7 Å². The lowest BCUT2D eigenvalue weighted by Crippen LogP contribution is -1.92. The molecular formula is C33H34F2. The normalized spacial score (nSPS) is 10.3. The molecule has 0 aliphatic heterocycles. The van der Waals surface area contributed by atoms with E-state index in [1.165, 1.54) is 18.9 Å². The Morgan fingerprint density at radius 1 is 0.543 bits per heavy atom. The van der Waals surface area contributed by atoms with Crippen LogP contribution in [0.15, 0.2) is 60.7 Å². The summed E-state index contributed by atoms with van der Waals surface area (Å²) >= 11 is 0. The average Bonchev–Trinajstić information content (AvgIpc) is 2.86. The Labute approximate surface area is 209 Å². The van der Waals surface area contributed by atoms with E-state index in [4.69, 9.17) is 0 Å². The van der Waals surface area contributed by atoms with Crippen molar-refractivity contribution in [2.24, 2.45) is 0 Å². The van der Waals surface area contributed by atoms with Crippen LogP contribution < -0.4 is 0 Å². The summed E-state index contributed by atoms with van der Waals surface area (Å²) in [5.41, 5.74) is 4.46. The average molecular weight is 469 g/mol. The molecule has 3 aromatic carbocycles. The van der Waals surface area contributed by atoms with Crippen LogP contribution in [-0.4, -0.2) is 0 Å². The van der Waals surface area contributed by atoms with Gasteiger partial charge in [-0.2, -0.15) is 0 Å². The Morgan fingerprint density at radius 2 is 1.14 bits per heavy atom. The summed E-state index contributed by atoms with van der Waals surface area (Å²) in [6.07, 6.45) is 9.59. The molecule has 0 radical (unpaired) electrons. The van der Waals surface area contributed by atoms with Crippen LogP contribution in [-0.2, 0) is 12.8 Å². The van der Waals surface area contributed by atoms with E-state index in [1.807, 2.05) is 42.5 Å². The molecule has 0 nitrogen and oxygen atoms in total. The Kier molecular flexibility index (Phi) is 10.6. The van der Waals surface area contributed by atoms with Gasteiger partial charge in [0.25, 0.3) is 0 Å². The van der Waals surface area contributed by atoms with E-state index in [0.717, 1.165) is 67.2 Å². The van der Waals surface area contributed by atoms with Crippen LogP contribution in [0.3, 0.4) is 0 Å². The molecule has 0 heterocycles. The van der Waals surface area contributed by atoms with E-state index in [2.05, 4.69) is 37.5 Å². The monoisotopic (exact) mass is 468 g/mol. The second-order valence-corrected chi connectivity index (χ2v) is 8.97. The van der Waals surface area contributed by atoms with Crippen molar-refractivity contribution in [3.05, 3.63) is 106 Å². The first-order valence-electron chi connectivity index (χ1n) is 12.8. The molecule has 0 aromatic heterocycles. The van der Waals surface area contributed by atoms with Crippen molar-refractivity contribution in [1.29, 1.82) is 0 Å². The topological polar surface area (TPSA) is 0 Å². The van der Waals surface area contributed by atoms with Crippen molar-refractivity contribution >= 4 is 0 Å². The van der Waals surface area contributed by atoms with Gasteiger partial charge in [0.05, 0.1) is 5.56 Å². The molecule has 0 saturated carbocycles. The minimum atomic E-state index is -0.270. The van der Waals surface area contributed by atoms with Crippen LogP contribution in [0.2, 0.25) is 0 Å². The molecule has 0 atom stereocenters. The van der Waals surface area contributed by atoms with Gasteiger partial charge < -0.3 is 0 Å². The van der Waals surface area contributed by atoms with E-state index < -0.39 is 0 Å². The maximum Gasteiger partial charge on any atom is 0.139 e. The van der Waals surface area contributed by atoms with Gasteiger partial charge in [-0.05, 0) is 85.3 Å². The van der Waals surface area contributed by atoms with Crippen LogP contribution in [0, 0.1) is 35.3 Å². The molecular weight excluding hydrogens is 434 g/mol. The van der Waals surface area contributed by atoms with Gasteiger partial charge in [0.2, 0.25) is 0 Å². The summed E-state index contributed by atoms with van der Waals surface area (Å²) in [6, 6.07) is 18.1. The van der Waals surface area contributed by atoms with Gasteiger partial charge in [0.15, 0.2) is 0 Å². The maximum absolute atomic E-state index is 14.4. The molecule has 35 heavy (non-hydrogen) atoms. The molecule has 3 rings (SSSR count). The van der Waals surface area contributed by atoms with Crippen LogP contribution in [0.4, 0.5) is 8.78 Å². The van der Waals surface area contributed by atoms with E-state index in [1.54, 1.807) is 12.1 Å². The van der Waals surface area contributed by atoms with Gasteiger partial charge in [-0.3, -0.25) is 0 Å². The summed E-state index contributed by atoms with van der Waals surface area (Å²) in [4.78, 5) is 0. The molecule has 0 bridgehead atoms. The molecule has 0 spiro atoms. The van der Waals surface area contributed by atoms with Crippen LogP contribution in [0.1, 0.15) is 92.2 Å². The van der Waals surface area contributed by atoms with Gasteiger partial charge in [0.1, 0.15) is 11.6 Å². The minimum Gasteiger partial charge on any atom is -0.207 e. The number of unbranched alkanes of at least 4 members (excludes halogenated alkanes) is 5. The Bertz CT molecular complexity index is 1210. The quantitative estimate of drug-likeness (QED) is 0.218. The Morgan fingerprint density at radius 3 is 1.80 bits per heavy atom. The van der Waals surface area contributed by atoms with Crippen LogP contribution in [0.5, 0.6) is 0 Å². The number of benzene rings is 3. The molecule has 0 saturated heterocycles. The second kappa shape index (κ2) is 14.1. The molecule has 0 N–H and O–H groups in total. The third-order valence-electron chi connectivity index (χ3n) is 6.03.